The topological polar surface area (TPSA) is 58.7 Å². The smallest absolute Gasteiger partial charge is 0.458 e. The van der Waals surface area contributed by atoms with Crippen molar-refractivity contribution in [2.75, 3.05) is 25.4 Å². The number of halogens is 5. The highest BCUT2D eigenvalue weighted by Gasteiger charge is 2.60. The highest BCUT2D eigenvalue weighted by Crippen LogP contribution is 2.47. The lowest BCUT2D eigenvalue weighted by atomic mass is 10.1. The number of alkyl halides is 5. The molecule has 0 unspecified atom stereocenters. The second-order valence-corrected chi connectivity index (χ2v) is 5.36. The third-order valence-corrected chi connectivity index (χ3v) is 3.65. The Morgan fingerprint density at radius 1 is 1.17 bits per heavy atom. The van der Waals surface area contributed by atoms with Crippen LogP contribution in [-0.2, 0) is 5.92 Å². The van der Waals surface area contributed by atoms with E-state index in [1.54, 1.807) is 4.90 Å². The average Bonchev–Trinajstić information content (AvgIpc) is 2.97. The summed E-state index contributed by atoms with van der Waals surface area (Å²) in [5.74, 6) is -5.76. The third-order valence-electron chi connectivity index (χ3n) is 3.65. The van der Waals surface area contributed by atoms with Gasteiger partial charge in [-0.2, -0.15) is 22.0 Å². The molecule has 3 N–H and O–H groups in total. The number of nitrogens with two attached hydrogens (primary N) is 1. The molecule has 0 saturated carbocycles. The number of benzene rings is 1. The summed E-state index contributed by atoms with van der Waals surface area (Å²) in [6.45, 7) is 0.810. The molecule has 1 heterocycles. The minimum absolute atomic E-state index is 0.0163. The van der Waals surface area contributed by atoms with Crippen LogP contribution in [0.5, 0.6) is 5.75 Å². The first-order valence-corrected chi connectivity index (χ1v) is 7.02. The molecule has 0 radical (unpaired) electrons. The third kappa shape index (κ3) is 3.84. The van der Waals surface area contributed by atoms with E-state index in [0.717, 1.165) is 25.0 Å². The first kappa shape index (κ1) is 17.7. The molecule has 1 fully saturated rings. The van der Waals surface area contributed by atoms with Gasteiger partial charge in [0, 0.05) is 24.8 Å². The fourth-order valence-electron chi connectivity index (χ4n) is 2.38. The van der Waals surface area contributed by atoms with Gasteiger partial charge in [0.15, 0.2) is 0 Å². The predicted molar refractivity (Wildman–Crippen MR) is 73.1 cm³/mol. The molecule has 2 rings (SSSR count). The second-order valence-electron chi connectivity index (χ2n) is 5.36. The number of aliphatic hydroxyl groups is 1. The number of hydrogen-bond donors (Lipinski definition) is 2. The van der Waals surface area contributed by atoms with Gasteiger partial charge in [-0.3, -0.25) is 4.90 Å². The number of rotatable bonds is 5. The van der Waals surface area contributed by atoms with Crippen LogP contribution in [0, 0.1) is 0 Å². The largest absolute Gasteiger partial charge is 0.489 e. The van der Waals surface area contributed by atoms with Crippen LogP contribution < -0.4 is 10.5 Å². The minimum Gasteiger partial charge on any atom is -0.489 e. The summed E-state index contributed by atoms with van der Waals surface area (Å²) in [5.41, 5.74) is 4.09. The van der Waals surface area contributed by atoms with Gasteiger partial charge in [0.25, 0.3) is 0 Å². The van der Waals surface area contributed by atoms with E-state index in [1.165, 1.54) is 0 Å². The highest BCUT2D eigenvalue weighted by molar-refractivity contribution is 5.50. The SMILES string of the molecule is Nc1ccc(C(F)(F)C(F)(F)F)c(OC[C@@H](O)N2CCCC2)c1. The van der Waals surface area contributed by atoms with Crippen LogP contribution in [0.3, 0.4) is 0 Å². The zero-order valence-electron chi connectivity index (χ0n) is 12.1. The molecular formula is C14H17F5N2O2. The molecule has 130 valence electrons. The lowest BCUT2D eigenvalue weighted by molar-refractivity contribution is -0.289. The van der Waals surface area contributed by atoms with Crippen LogP contribution in [-0.4, -0.2) is 42.1 Å². The summed E-state index contributed by atoms with van der Waals surface area (Å²) < 4.78 is 69.8. The Kier molecular flexibility index (Phi) is 5.00. The summed E-state index contributed by atoms with van der Waals surface area (Å²) in [6, 6.07) is 2.42. The van der Waals surface area contributed by atoms with Gasteiger partial charge < -0.3 is 15.6 Å². The molecular weight excluding hydrogens is 323 g/mol. The van der Waals surface area contributed by atoms with Gasteiger partial charge in [-0.25, -0.2) is 0 Å². The van der Waals surface area contributed by atoms with E-state index < -0.39 is 36.2 Å². The molecule has 0 spiro atoms. The van der Waals surface area contributed by atoms with Crippen LogP contribution in [0.1, 0.15) is 18.4 Å². The Balaban J connectivity index is 2.19. The summed E-state index contributed by atoms with van der Waals surface area (Å²) >= 11 is 0. The predicted octanol–water partition coefficient (Wildman–Crippen LogP) is 2.72. The molecule has 1 aromatic rings. The van der Waals surface area contributed by atoms with Gasteiger partial charge in [-0.1, -0.05) is 0 Å². The maximum absolute atomic E-state index is 13.6. The number of aliphatic hydroxyl groups excluding tert-OH is 1. The molecule has 1 aromatic carbocycles. The van der Waals surface area contributed by atoms with Crippen molar-refractivity contribution >= 4 is 5.69 Å². The number of nitrogens with zero attached hydrogens (tertiary/aromatic N) is 1. The molecule has 9 heteroatoms. The lowest BCUT2D eigenvalue weighted by Crippen LogP contribution is -2.38. The standard InChI is InChI=1S/C14H17F5N2O2/c15-13(16,14(17,18)19)10-4-3-9(20)7-11(10)23-8-12(22)21-5-1-2-6-21/h3-4,7,12,22H,1-2,5-6,8,20H2/t12-/m1/s1. The molecule has 0 amide bonds. The number of likely N-dealkylation sites (tertiary alicyclic amines) is 1. The number of ether oxygens (including phenoxy) is 1. The Morgan fingerprint density at radius 2 is 1.78 bits per heavy atom. The minimum atomic E-state index is -5.76. The first-order chi connectivity index (χ1) is 10.6. The van der Waals surface area contributed by atoms with Crippen molar-refractivity contribution in [2.45, 2.75) is 31.2 Å². The number of nitrogen functional groups attached to an aromatic ring is 1. The van der Waals surface area contributed by atoms with Crippen molar-refractivity contribution in [2.24, 2.45) is 0 Å². The molecule has 1 aliphatic heterocycles. The Labute approximate surface area is 129 Å². The first-order valence-electron chi connectivity index (χ1n) is 7.02. The number of hydrogen-bond acceptors (Lipinski definition) is 4. The van der Waals surface area contributed by atoms with E-state index in [9.17, 15) is 27.1 Å². The van der Waals surface area contributed by atoms with E-state index in [4.69, 9.17) is 10.5 Å². The average molecular weight is 340 g/mol. The lowest BCUT2D eigenvalue weighted by Gasteiger charge is -2.25. The van der Waals surface area contributed by atoms with Gasteiger partial charge in [0.1, 0.15) is 18.6 Å². The summed E-state index contributed by atoms with van der Waals surface area (Å²) in [7, 11) is 0. The summed E-state index contributed by atoms with van der Waals surface area (Å²) in [5, 5.41) is 9.89. The molecule has 1 saturated heterocycles. The Morgan fingerprint density at radius 3 is 2.35 bits per heavy atom. The normalized spacial score (nSPS) is 18.2. The zero-order valence-corrected chi connectivity index (χ0v) is 12.1. The second kappa shape index (κ2) is 6.48. The van der Waals surface area contributed by atoms with Crippen LogP contribution >= 0.6 is 0 Å². The molecule has 1 aliphatic rings. The van der Waals surface area contributed by atoms with Gasteiger partial charge in [-0.05, 0) is 25.0 Å². The van der Waals surface area contributed by atoms with Crippen molar-refractivity contribution in [3.05, 3.63) is 23.8 Å². The van der Waals surface area contributed by atoms with E-state index in [-0.39, 0.29) is 5.69 Å². The van der Waals surface area contributed by atoms with E-state index in [1.807, 2.05) is 0 Å². The number of anilines is 1. The highest BCUT2D eigenvalue weighted by atomic mass is 19.4. The van der Waals surface area contributed by atoms with Crippen molar-refractivity contribution < 1.29 is 31.8 Å². The van der Waals surface area contributed by atoms with Gasteiger partial charge >= 0.3 is 12.1 Å². The van der Waals surface area contributed by atoms with Crippen molar-refractivity contribution in [1.82, 2.24) is 4.90 Å². The maximum Gasteiger partial charge on any atom is 0.458 e. The van der Waals surface area contributed by atoms with Gasteiger partial charge in [0.05, 0.1) is 5.56 Å². The molecule has 1 atom stereocenters. The molecule has 23 heavy (non-hydrogen) atoms. The van der Waals surface area contributed by atoms with E-state index in [0.29, 0.717) is 19.2 Å². The van der Waals surface area contributed by atoms with Crippen molar-refractivity contribution in [3.63, 3.8) is 0 Å². The van der Waals surface area contributed by atoms with Crippen LogP contribution in [0.25, 0.3) is 0 Å². The Hall–Kier alpha value is -1.61. The molecule has 0 aromatic heterocycles. The van der Waals surface area contributed by atoms with Crippen LogP contribution in [0.15, 0.2) is 18.2 Å². The van der Waals surface area contributed by atoms with Crippen LogP contribution in [0.2, 0.25) is 0 Å². The van der Waals surface area contributed by atoms with Gasteiger partial charge in [-0.15, -0.1) is 0 Å². The van der Waals surface area contributed by atoms with Crippen LogP contribution in [0.4, 0.5) is 27.6 Å². The monoisotopic (exact) mass is 340 g/mol. The molecule has 0 aliphatic carbocycles. The van der Waals surface area contributed by atoms with Gasteiger partial charge in [0.2, 0.25) is 0 Å². The summed E-state index contributed by atoms with van der Waals surface area (Å²) in [6.07, 6.45) is -5.07. The quantitative estimate of drug-likeness (QED) is 0.639. The Bertz CT molecular complexity index is 544. The van der Waals surface area contributed by atoms with Crippen molar-refractivity contribution in [3.8, 4) is 5.75 Å². The maximum atomic E-state index is 13.6. The van der Waals surface area contributed by atoms with Crippen molar-refractivity contribution in [1.29, 1.82) is 0 Å². The van der Waals surface area contributed by atoms with E-state index >= 15 is 0 Å². The summed E-state index contributed by atoms with van der Waals surface area (Å²) in [4.78, 5) is 1.66. The van der Waals surface area contributed by atoms with E-state index in [2.05, 4.69) is 0 Å². The zero-order chi connectivity index (χ0) is 17.3. The fraction of sp³-hybridized carbons (Fsp3) is 0.571. The molecule has 4 nitrogen and oxygen atoms in total. The fourth-order valence-corrected chi connectivity index (χ4v) is 2.38. The molecule has 0 bridgehead atoms.